The minimum Gasteiger partial charge on any atom is -0.480 e. The molecule has 116 valence electrons. The Kier molecular flexibility index (Phi) is 5.34. The summed E-state index contributed by atoms with van der Waals surface area (Å²) in [6, 6.07) is 3.32. The molecule has 7 heteroatoms. The average Bonchev–Trinajstić information content (AvgIpc) is 2.36. The number of halogens is 3. The van der Waals surface area contributed by atoms with Gasteiger partial charge in [0, 0.05) is 12.3 Å². The minimum atomic E-state index is -4.57. The molecule has 0 aliphatic heterocycles. The third kappa shape index (κ3) is 4.77. The third-order valence-electron chi connectivity index (χ3n) is 2.89. The van der Waals surface area contributed by atoms with Crippen LogP contribution >= 0.6 is 0 Å². The molecule has 1 aromatic carbocycles. The standard InChI is InChI=1S/C14H16F3NO3/c1-8(2)12(19)18-11(13(20)21)7-9-5-3-4-6-10(9)14(15,16)17/h3-6,8,11H,7H2,1-2H3,(H,18,19)(H,20,21)/t11-/m0/s1. The molecule has 0 bridgehead atoms. The number of benzene rings is 1. The van der Waals surface area contributed by atoms with E-state index in [2.05, 4.69) is 5.32 Å². The Morgan fingerprint density at radius 1 is 1.24 bits per heavy atom. The number of alkyl halides is 3. The van der Waals surface area contributed by atoms with E-state index in [0.29, 0.717) is 0 Å². The average molecular weight is 303 g/mol. The molecule has 0 saturated heterocycles. The van der Waals surface area contributed by atoms with Crippen molar-refractivity contribution in [1.82, 2.24) is 5.32 Å². The van der Waals surface area contributed by atoms with Crippen molar-refractivity contribution in [3.63, 3.8) is 0 Å². The highest BCUT2D eigenvalue weighted by atomic mass is 19.4. The molecule has 1 rings (SSSR count). The van der Waals surface area contributed by atoms with Crippen molar-refractivity contribution < 1.29 is 27.9 Å². The van der Waals surface area contributed by atoms with Crippen LogP contribution < -0.4 is 5.32 Å². The first-order valence-electron chi connectivity index (χ1n) is 6.31. The van der Waals surface area contributed by atoms with Gasteiger partial charge in [0.1, 0.15) is 6.04 Å². The Hall–Kier alpha value is -2.05. The van der Waals surface area contributed by atoms with Gasteiger partial charge in [0.05, 0.1) is 5.56 Å². The summed E-state index contributed by atoms with van der Waals surface area (Å²) in [6.07, 6.45) is -4.99. The van der Waals surface area contributed by atoms with E-state index in [0.717, 1.165) is 6.07 Å². The molecule has 2 N–H and O–H groups in total. The second-order valence-electron chi connectivity index (χ2n) is 4.91. The normalized spacial score (nSPS) is 13.0. The molecule has 21 heavy (non-hydrogen) atoms. The fourth-order valence-corrected chi connectivity index (χ4v) is 1.73. The third-order valence-corrected chi connectivity index (χ3v) is 2.89. The van der Waals surface area contributed by atoms with Gasteiger partial charge in [-0.05, 0) is 11.6 Å². The summed E-state index contributed by atoms with van der Waals surface area (Å²) in [5.41, 5.74) is -1.06. The maximum atomic E-state index is 12.9. The molecular weight excluding hydrogens is 287 g/mol. The van der Waals surface area contributed by atoms with E-state index in [4.69, 9.17) is 5.11 Å². The Labute approximate surface area is 120 Å². The monoisotopic (exact) mass is 303 g/mol. The number of carbonyl (C=O) groups excluding carboxylic acids is 1. The fourth-order valence-electron chi connectivity index (χ4n) is 1.73. The van der Waals surface area contributed by atoms with Gasteiger partial charge in [-0.1, -0.05) is 32.0 Å². The maximum absolute atomic E-state index is 12.9. The largest absolute Gasteiger partial charge is 0.480 e. The molecule has 4 nitrogen and oxygen atoms in total. The van der Waals surface area contributed by atoms with Crippen LogP contribution in [0.4, 0.5) is 13.2 Å². The fraction of sp³-hybridized carbons (Fsp3) is 0.429. The van der Waals surface area contributed by atoms with Gasteiger partial charge in [0.2, 0.25) is 5.91 Å². The number of carboxylic acids is 1. The number of nitrogens with one attached hydrogen (secondary N) is 1. The molecule has 0 aromatic heterocycles. The lowest BCUT2D eigenvalue weighted by atomic mass is 9.99. The predicted octanol–water partition coefficient (Wildman–Crippen LogP) is 2.47. The molecule has 1 aromatic rings. The highest BCUT2D eigenvalue weighted by molar-refractivity contribution is 5.84. The van der Waals surface area contributed by atoms with Crippen molar-refractivity contribution in [2.75, 3.05) is 0 Å². The quantitative estimate of drug-likeness (QED) is 0.878. The first kappa shape index (κ1) is 17.0. The molecule has 1 amide bonds. The van der Waals surface area contributed by atoms with E-state index in [9.17, 15) is 22.8 Å². The van der Waals surface area contributed by atoms with E-state index in [1.165, 1.54) is 18.2 Å². The summed E-state index contributed by atoms with van der Waals surface area (Å²) >= 11 is 0. The van der Waals surface area contributed by atoms with E-state index >= 15 is 0 Å². The summed E-state index contributed by atoms with van der Waals surface area (Å²) < 4.78 is 38.6. The second-order valence-corrected chi connectivity index (χ2v) is 4.91. The van der Waals surface area contributed by atoms with Crippen LogP contribution in [0.1, 0.15) is 25.0 Å². The zero-order chi connectivity index (χ0) is 16.2. The van der Waals surface area contributed by atoms with Crippen molar-refractivity contribution in [2.45, 2.75) is 32.5 Å². The molecule has 0 aliphatic rings. The number of hydrogen-bond donors (Lipinski definition) is 2. The highest BCUT2D eigenvalue weighted by Gasteiger charge is 2.34. The first-order chi connectivity index (χ1) is 9.62. The van der Waals surface area contributed by atoms with E-state index in [-0.39, 0.29) is 5.56 Å². The second kappa shape index (κ2) is 6.60. The summed E-state index contributed by atoms with van der Waals surface area (Å²) in [5, 5.41) is 11.3. The Morgan fingerprint density at radius 3 is 2.29 bits per heavy atom. The molecule has 1 atom stereocenters. The Balaban J connectivity index is 3.01. The molecule has 0 fully saturated rings. The highest BCUT2D eigenvalue weighted by Crippen LogP contribution is 2.32. The van der Waals surface area contributed by atoms with Crippen molar-refractivity contribution >= 4 is 11.9 Å². The number of carbonyl (C=O) groups is 2. The lowest BCUT2D eigenvalue weighted by molar-refractivity contribution is -0.143. The van der Waals surface area contributed by atoms with Crippen LogP contribution in [-0.2, 0) is 22.2 Å². The van der Waals surface area contributed by atoms with Gasteiger partial charge < -0.3 is 10.4 Å². The topological polar surface area (TPSA) is 66.4 Å². The predicted molar refractivity (Wildman–Crippen MR) is 69.6 cm³/mol. The number of rotatable bonds is 5. The molecule has 0 unspecified atom stereocenters. The van der Waals surface area contributed by atoms with Crippen molar-refractivity contribution in [3.8, 4) is 0 Å². The Morgan fingerprint density at radius 2 is 1.81 bits per heavy atom. The maximum Gasteiger partial charge on any atom is 0.416 e. The number of carboxylic acid groups (broad SMARTS) is 1. The summed E-state index contributed by atoms with van der Waals surface area (Å²) in [7, 11) is 0. The van der Waals surface area contributed by atoms with Crippen LogP contribution in [0.15, 0.2) is 24.3 Å². The molecule has 0 saturated carbocycles. The van der Waals surface area contributed by atoms with Crippen LogP contribution in [0.25, 0.3) is 0 Å². The van der Waals surface area contributed by atoms with Gasteiger partial charge in [0.15, 0.2) is 0 Å². The summed E-state index contributed by atoms with van der Waals surface area (Å²) in [6.45, 7) is 3.13. The molecular formula is C14H16F3NO3. The van der Waals surface area contributed by atoms with Crippen LogP contribution in [0, 0.1) is 5.92 Å². The van der Waals surface area contributed by atoms with Gasteiger partial charge in [-0.2, -0.15) is 13.2 Å². The van der Waals surface area contributed by atoms with Gasteiger partial charge in [0.25, 0.3) is 0 Å². The summed E-state index contributed by atoms with van der Waals surface area (Å²) in [4.78, 5) is 22.7. The van der Waals surface area contributed by atoms with Gasteiger partial charge in [-0.3, -0.25) is 4.79 Å². The van der Waals surface area contributed by atoms with E-state index in [1.807, 2.05) is 0 Å². The number of hydrogen-bond acceptors (Lipinski definition) is 2. The SMILES string of the molecule is CC(C)C(=O)N[C@@H](Cc1ccccc1C(F)(F)F)C(=O)O. The van der Waals surface area contributed by atoms with Gasteiger partial charge in [-0.15, -0.1) is 0 Å². The first-order valence-corrected chi connectivity index (χ1v) is 6.31. The summed E-state index contributed by atoms with van der Waals surface area (Å²) in [5.74, 6) is -2.35. The van der Waals surface area contributed by atoms with Gasteiger partial charge in [-0.25, -0.2) is 4.79 Å². The molecule has 0 spiro atoms. The van der Waals surface area contributed by atoms with Gasteiger partial charge >= 0.3 is 12.1 Å². The van der Waals surface area contributed by atoms with Crippen molar-refractivity contribution in [1.29, 1.82) is 0 Å². The van der Waals surface area contributed by atoms with Crippen LogP contribution in [0.3, 0.4) is 0 Å². The van der Waals surface area contributed by atoms with E-state index < -0.39 is 42.0 Å². The number of aliphatic carboxylic acids is 1. The van der Waals surface area contributed by atoms with Crippen molar-refractivity contribution in [3.05, 3.63) is 35.4 Å². The zero-order valence-electron chi connectivity index (χ0n) is 11.6. The van der Waals surface area contributed by atoms with Crippen LogP contribution in [-0.4, -0.2) is 23.0 Å². The molecule has 0 aliphatic carbocycles. The Bertz CT molecular complexity index is 526. The number of amides is 1. The van der Waals surface area contributed by atoms with E-state index in [1.54, 1.807) is 13.8 Å². The zero-order valence-corrected chi connectivity index (χ0v) is 11.6. The lowest BCUT2D eigenvalue weighted by Crippen LogP contribution is -2.44. The van der Waals surface area contributed by atoms with Crippen LogP contribution in [0.2, 0.25) is 0 Å². The minimum absolute atomic E-state index is 0.165. The van der Waals surface area contributed by atoms with Crippen molar-refractivity contribution in [2.24, 2.45) is 5.92 Å². The lowest BCUT2D eigenvalue weighted by Gasteiger charge is -2.18. The molecule has 0 heterocycles. The molecule has 0 radical (unpaired) electrons. The smallest absolute Gasteiger partial charge is 0.416 e. The van der Waals surface area contributed by atoms with Crippen LogP contribution in [0.5, 0.6) is 0 Å².